The fourth-order valence-corrected chi connectivity index (χ4v) is 3.60. The number of benzene rings is 1. The first-order valence-corrected chi connectivity index (χ1v) is 8.36. The summed E-state index contributed by atoms with van der Waals surface area (Å²) in [6.45, 7) is 3.81. The van der Waals surface area contributed by atoms with E-state index in [1.54, 1.807) is 18.0 Å². The van der Waals surface area contributed by atoms with Crippen molar-refractivity contribution in [3.63, 3.8) is 0 Å². The second-order valence-corrected chi connectivity index (χ2v) is 6.71. The summed E-state index contributed by atoms with van der Waals surface area (Å²) >= 11 is 7.20. The molecule has 0 radical (unpaired) electrons. The Labute approximate surface area is 134 Å². The fourth-order valence-electron chi connectivity index (χ4n) is 2.43. The van der Waals surface area contributed by atoms with E-state index in [-0.39, 0.29) is 0 Å². The Bertz CT molecular complexity index is 586. The van der Waals surface area contributed by atoms with Crippen LogP contribution in [0.15, 0.2) is 53.1 Å². The summed E-state index contributed by atoms with van der Waals surface area (Å²) in [6.07, 6.45) is 1.71. The first-order chi connectivity index (χ1) is 10.2. The summed E-state index contributed by atoms with van der Waals surface area (Å²) < 4.78 is 6.38. The van der Waals surface area contributed by atoms with Crippen LogP contribution in [0.25, 0.3) is 0 Å². The van der Waals surface area contributed by atoms with E-state index >= 15 is 0 Å². The largest absolute Gasteiger partial charge is 0.467 e. The Balaban J connectivity index is 1.69. The maximum Gasteiger partial charge on any atom is 0.139 e. The quantitative estimate of drug-likeness (QED) is 0.789. The van der Waals surface area contributed by atoms with Crippen molar-refractivity contribution in [2.45, 2.75) is 19.5 Å². The van der Waals surface area contributed by atoms with Crippen molar-refractivity contribution in [2.75, 3.05) is 12.5 Å². The smallest absolute Gasteiger partial charge is 0.139 e. The standard InChI is InChI=1S/C16H18N2OS2/c1-13(14-6-3-2-4-7-14)18-11-17(16(20)21-12-18)10-15-8-5-9-19-15/h2-9,13H,10-12H2,1H3. The average Bonchev–Trinajstić information content (AvgIpc) is 3.03. The molecular formula is C16H18N2OS2. The van der Waals surface area contributed by atoms with Gasteiger partial charge in [0, 0.05) is 6.04 Å². The van der Waals surface area contributed by atoms with Crippen LogP contribution in [-0.2, 0) is 6.54 Å². The van der Waals surface area contributed by atoms with Crippen LogP contribution < -0.4 is 0 Å². The van der Waals surface area contributed by atoms with E-state index in [0.29, 0.717) is 6.04 Å². The lowest BCUT2D eigenvalue weighted by Crippen LogP contribution is -2.45. The van der Waals surface area contributed by atoms with Crippen LogP contribution in [0, 0.1) is 0 Å². The van der Waals surface area contributed by atoms with Crippen molar-refractivity contribution in [1.82, 2.24) is 9.80 Å². The number of hydrogen-bond donors (Lipinski definition) is 0. The molecule has 0 saturated carbocycles. The molecule has 0 bridgehead atoms. The summed E-state index contributed by atoms with van der Waals surface area (Å²) in [6, 6.07) is 14.9. The number of hydrogen-bond acceptors (Lipinski definition) is 4. The zero-order chi connectivity index (χ0) is 14.7. The van der Waals surface area contributed by atoms with Crippen molar-refractivity contribution in [3.8, 4) is 0 Å². The normalized spacial score (nSPS) is 18.0. The Morgan fingerprint density at radius 3 is 2.76 bits per heavy atom. The number of thiocarbonyl (C=S) groups is 1. The summed E-state index contributed by atoms with van der Waals surface area (Å²) in [5.41, 5.74) is 1.34. The third kappa shape index (κ3) is 3.48. The van der Waals surface area contributed by atoms with Crippen LogP contribution in [-0.4, -0.2) is 26.7 Å². The van der Waals surface area contributed by atoms with Gasteiger partial charge in [-0.15, -0.1) is 0 Å². The van der Waals surface area contributed by atoms with Crippen LogP contribution in [0.5, 0.6) is 0 Å². The van der Waals surface area contributed by atoms with Crippen LogP contribution >= 0.6 is 24.0 Å². The molecule has 110 valence electrons. The highest BCUT2D eigenvalue weighted by atomic mass is 32.2. The Morgan fingerprint density at radius 2 is 2.05 bits per heavy atom. The molecule has 1 atom stereocenters. The van der Waals surface area contributed by atoms with Gasteiger partial charge in [-0.1, -0.05) is 54.3 Å². The lowest BCUT2D eigenvalue weighted by molar-refractivity contribution is 0.157. The molecular weight excluding hydrogens is 300 g/mol. The zero-order valence-electron chi connectivity index (χ0n) is 11.9. The summed E-state index contributed by atoms with van der Waals surface area (Å²) in [5, 5.41) is 0. The van der Waals surface area contributed by atoms with E-state index < -0.39 is 0 Å². The molecule has 1 aromatic heterocycles. The van der Waals surface area contributed by atoms with Crippen molar-refractivity contribution in [3.05, 3.63) is 60.1 Å². The van der Waals surface area contributed by atoms with E-state index in [2.05, 4.69) is 47.1 Å². The van der Waals surface area contributed by atoms with Gasteiger partial charge in [-0.3, -0.25) is 4.90 Å². The average molecular weight is 318 g/mol. The number of rotatable bonds is 4. The van der Waals surface area contributed by atoms with E-state index in [0.717, 1.165) is 29.2 Å². The van der Waals surface area contributed by atoms with E-state index in [4.69, 9.17) is 16.6 Å². The van der Waals surface area contributed by atoms with Crippen molar-refractivity contribution < 1.29 is 4.42 Å². The minimum atomic E-state index is 0.376. The Hall–Kier alpha value is -1.30. The van der Waals surface area contributed by atoms with Crippen molar-refractivity contribution in [2.24, 2.45) is 0 Å². The van der Waals surface area contributed by atoms with Gasteiger partial charge in [-0.05, 0) is 24.6 Å². The Morgan fingerprint density at radius 1 is 1.24 bits per heavy atom. The van der Waals surface area contributed by atoms with Gasteiger partial charge in [0.05, 0.1) is 25.4 Å². The van der Waals surface area contributed by atoms with Gasteiger partial charge in [-0.25, -0.2) is 0 Å². The molecule has 5 heteroatoms. The molecule has 1 aliphatic heterocycles. The molecule has 3 rings (SSSR count). The van der Waals surface area contributed by atoms with Gasteiger partial charge in [0.15, 0.2) is 0 Å². The van der Waals surface area contributed by atoms with Crippen LogP contribution in [0.1, 0.15) is 24.3 Å². The second kappa shape index (κ2) is 6.64. The lowest BCUT2D eigenvalue weighted by Gasteiger charge is -2.39. The zero-order valence-corrected chi connectivity index (χ0v) is 13.6. The highest BCUT2D eigenvalue weighted by Crippen LogP contribution is 2.28. The highest BCUT2D eigenvalue weighted by molar-refractivity contribution is 8.22. The Kier molecular flexibility index (Phi) is 4.63. The topological polar surface area (TPSA) is 19.6 Å². The molecule has 1 aliphatic rings. The molecule has 21 heavy (non-hydrogen) atoms. The maximum absolute atomic E-state index is 5.48. The lowest BCUT2D eigenvalue weighted by atomic mass is 10.1. The van der Waals surface area contributed by atoms with Gasteiger partial charge in [-0.2, -0.15) is 0 Å². The third-order valence-corrected chi connectivity index (χ3v) is 5.30. The van der Waals surface area contributed by atoms with E-state index in [9.17, 15) is 0 Å². The summed E-state index contributed by atoms with van der Waals surface area (Å²) in [4.78, 5) is 4.63. The van der Waals surface area contributed by atoms with Gasteiger partial charge >= 0.3 is 0 Å². The highest BCUT2D eigenvalue weighted by Gasteiger charge is 2.26. The van der Waals surface area contributed by atoms with Gasteiger partial charge in [0.1, 0.15) is 10.1 Å². The fraction of sp³-hybridized carbons (Fsp3) is 0.312. The molecule has 2 heterocycles. The number of furan rings is 1. The van der Waals surface area contributed by atoms with Crippen molar-refractivity contribution in [1.29, 1.82) is 0 Å². The number of thioether (sulfide) groups is 1. The molecule has 3 nitrogen and oxygen atoms in total. The summed E-state index contributed by atoms with van der Waals surface area (Å²) in [5.74, 6) is 1.89. The minimum Gasteiger partial charge on any atom is -0.467 e. The molecule has 1 saturated heterocycles. The molecule has 0 N–H and O–H groups in total. The van der Waals surface area contributed by atoms with Gasteiger partial charge in [0.25, 0.3) is 0 Å². The summed E-state index contributed by atoms with van der Waals surface area (Å²) in [7, 11) is 0. The molecule has 2 aromatic rings. The maximum atomic E-state index is 5.48. The minimum absolute atomic E-state index is 0.376. The SMILES string of the molecule is CC(c1ccccc1)N1CSC(=S)N(Cc2ccco2)C1. The molecule has 0 aliphatic carbocycles. The predicted molar refractivity (Wildman–Crippen MR) is 90.9 cm³/mol. The first-order valence-electron chi connectivity index (χ1n) is 6.97. The monoisotopic (exact) mass is 318 g/mol. The molecule has 1 aromatic carbocycles. The molecule has 0 amide bonds. The van der Waals surface area contributed by atoms with Gasteiger partial charge in [0.2, 0.25) is 0 Å². The molecule has 1 fully saturated rings. The van der Waals surface area contributed by atoms with Crippen molar-refractivity contribution >= 4 is 28.3 Å². The third-order valence-electron chi connectivity index (χ3n) is 3.72. The molecule has 0 spiro atoms. The second-order valence-electron chi connectivity index (χ2n) is 5.13. The van der Waals surface area contributed by atoms with Gasteiger partial charge < -0.3 is 9.32 Å². The van der Waals surface area contributed by atoms with Crippen LogP contribution in [0.4, 0.5) is 0 Å². The first kappa shape index (κ1) is 14.6. The van der Waals surface area contributed by atoms with Crippen LogP contribution in [0.3, 0.4) is 0 Å². The van der Waals surface area contributed by atoms with Crippen LogP contribution in [0.2, 0.25) is 0 Å². The number of nitrogens with zero attached hydrogens (tertiary/aromatic N) is 2. The molecule has 1 unspecified atom stereocenters. The van der Waals surface area contributed by atoms with E-state index in [1.165, 1.54) is 5.56 Å². The van der Waals surface area contributed by atoms with E-state index in [1.807, 2.05) is 12.1 Å². The predicted octanol–water partition coefficient (Wildman–Crippen LogP) is 4.09.